The van der Waals surface area contributed by atoms with E-state index in [-0.39, 0.29) is 29.5 Å². The van der Waals surface area contributed by atoms with Crippen LogP contribution in [0.4, 0.5) is 10.1 Å². The van der Waals surface area contributed by atoms with E-state index in [4.69, 9.17) is 4.42 Å². The first-order chi connectivity index (χ1) is 11.6. The number of anilines is 1. The van der Waals surface area contributed by atoms with Gasteiger partial charge in [0.25, 0.3) is 0 Å². The molecule has 0 bridgehead atoms. The number of rotatable bonds is 2. The topological polar surface area (TPSA) is 59.2 Å². The van der Waals surface area contributed by atoms with Gasteiger partial charge in [0.1, 0.15) is 5.82 Å². The first-order valence-corrected chi connectivity index (χ1v) is 7.64. The van der Waals surface area contributed by atoms with Crippen molar-refractivity contribution in [2.24, 2.45) is 0 Å². The molecule has 0 spiro atoms. The third-order valence-corrected chi connectivity index (χ3v) is 4.13. The second kappa shape index (κ2) is 5.56. The Hall–Kier alpha value is -3.02. The summed E-state index contributed by atoms with van der Waals surface area (Å²) >= 11 is 0. The summed E-state index contributed by atoms with van der Waals surface area (Å²) in [4.78, 5) is 14.5. The van der Waals surface area contributed by atoms with Crippen LogP contribution in [-0.4, -0.2) is 22.1 Å². The molecule has 0 radical (unpaired) electrons. The molecule has 1 aromatic heterocycles. The molecule has 2 aromatic carbocycles. The molecule has 1 atom stereocenters. The predicted octanol–water partition coefficient (Wildman–Crippen LogP) is 3.47. The van der Waals surface area contributed by atoms with Crippen molar-refractivity contribution in [1.82, 2.24) is 10.2 Å². The lowest BCUT2D eigenvalue weighted by atomic mass is 10.1. The molecule has 0 saturated heterocycles. The molecule has 120 valence electrons. The molecule has 0 saturated carbocycles. The molecule has 0 fully saturated rings. The van der Waals surface area contributed by atoms with E-state index in [0.29, 0.717) is 5.56 Å². The zero-order valence-electron chi connectivity index (χ0n) is 12.9. The fraction of sp³-hybridized carbons (Fsp3) is 0.167. The Labute approximate surface area is 137 Å². The first kappa shape index (κ1) is 14.6. The van der Waals surface area contributed by atoms with E-state index in [1.54, 1.807) is 4.90 Å². The van der Waals surface area contributed by atoms with Crippen molar-refractivity contribution < 1.29 is 13.6 Å². The highest BCUT2D eigenvalue weighted by Crippen LogP contribution is 2.33. The van der Waals surface area contributed by atoms with Gasteiger partial charge in [0.2, 0.25) is 5.89 Å². The summed E-state index contributed by atoms with van der Waals surface area (Å²) in [5, 5.41) is 7.77. The summed E-state index contributed by atoms with van der Waals surface area (Å²) < 4.78 is 18.5. The van der Waals surface area contributed by atoms with Crippen molar-refractivity contribution >= 4 is 11.6 Å². The minimum atomic E-state index is -0.350. The highest BCUT2D eigenvalue weighted by Gasteiger charge is 2.34. The molecule has 1 amide bonds. The first-order valence-electron chi connectivity index (χ1n) is 7.64. The molecule has 24 heavy (non-hydrogen) atoms. The molecule has 0 aliphatic carbocycles. The zero-order valence-corrected chi connectivity index (χ0v) is 12.9. The van der Waals surface area contributed by atoms with Gasteiger partial charge in [0, 0.05) is 17.3 Å². The van der Waals surface area contributed by atoms with Crippen LogP contribution in [0.2, 0.25) is 0 Å². The number of halogens is 1. The molecule has 1 unspecified atom stereocenters. The molecule has 6 heteroatoms. The molecule has 1 aliphatic rings. The molecule has 4 rings (SSSR count). The molecule has 2 heterocycles. The number of benzene rings is 2. The van der Waals surface area contributed by atoms with Crippen molar-refractivity contribution in [3.05, 3.63) is 65.8 Å². The van der Waals surface area contributed by atoms with Crippen LogP contribution in [0.15, 0.2) is 52.9 Å². The van der Waals surface area contributed by atoms with E-state index >= 15 is 0 Å². The maximum atomic E-state index is 13.0. The van der Waals surface area contributed by atoms with Crippen LogP contribution in [0.5, 0.6) is 0 Å². The summed E-state index contributed by atoms with van der Waals surface area (Å²) in [6, 6.07) is 13.5. The minimum absolute atomic E-state index is 0.0241. The van der Waals surface area contributed by atoms with E-state index in [1.807, 2.05) is 31.2 Å². The summed E-state index contributed by atoms with van der Waals surface area (Å²) in [5.41, 5.74) is 2.56. The summed E-state index contributed by atoms with van der Waals surface area (Å²) in [6.07, 6.45) is 0.793. The third kappa shape index (κ3) is 2.36. The van der Waals surface area contributed by atoms with E-state index in [2.05, 4.69) is 10.2 Å². The number of aromatic nitrogens is 2. The molecule has 1 aliphatic heterocycles. The van der Waals surface area contributed by atoms with Gasteiger partial charge >= 0.3 is 11.8 Å². The maximum Gasteiger partial charge on any atom is 0.316 e. The lowest BCUT2D eigenvalue weighted by Gasteiger charge is -2.20. The van der Waals surface area contributed by atoms with Gasteiger partial charge in [-0.25, -0.2) is 4.39 Å². The summed E-state index contributed by atoms with van der Waals surface area (Å²) in [6.45, 7) is 1.98. The van der Waals surface area contributed by atoms with Gasteiger partial charge in [-0.1, -0.05) is 18.2 Å². The van der Waals surface area contributed by atoms with Gasteiger partial charge in [-0.2, -0.15) is 0 Å². The molecule has 3 aromatic rings. The fourth-order valence-corrected chi connectivity index (χ4v) is 3.00. The largest absolute Gasteiger partial charge is 0.412 e. The fourth-order valence-electron chi connectivity index (χ4n) is 3.00. The van der Waals surface area contributed by atoms with E-state index < -0.39 is 0 Å². The number of para-hydroxylation sites is 1. The highest BCUT2D eigenvalue weighted by molar-refractivity contribution is 6.04. The van der Waals surface area contributed by atoms with Crippen LogP contribution in [0.3, 0.4) is 0 Å². The van der Waals surface area contributed by atoms with Gasteiger partial charge in [-0.05, 0) is 49.2 Å². The van der Waals surface area contributed by atoms with Gasteiger partial charge < -0.3 is 9.32 Å². The molecule has 5 nitrogen and oxygen atoms in total. The Morgan fingerprint density at radius 2 is 1.92 bits per heavy atom. The van der Waals surface area contributed by atoms with Crippen molar-refractivity contribution in [1.29, 1.82) is 0 Å². The van der Waals surface area contributed by atoms with Crippen LogP contribution < -0.4 is 4.90 Å². The highest BCUT2D eigenvalue weighted by atomic mass is 19.1. The Bertz CT molecular complexity index is 905. The second-order valence-electron chi connectivity index (χ2n) is 5.78. The summed E-state index contributed by atoms with van der Waals surface area (Å²) in [7, 11) is 0. The SMILES string of the molecule is CC1Cc2ccccc2N1C(=O)c1nnc(-c2ccc(F)cc2)o1. The number of nitrogens with zero attached hydrogens (tertiary/aromatic N) is 3. The van der Waals surface area contributed by atoms with Crippen molar-refractivity contribution in [2.45, 2.75) is 19.4 Å². The standard InChI is InChI=1S/C18H14FN3O2/c1-11-10-13-4-2-3-5-15(13)22(11)18(23)17-21-20-16(24-17)12-6-8-14(19)9-7-12/h2-9,11H,10H2,1H3. The maximum absolute atomic E-state index is 13.0. The van der Waals surface area contributed by atoms with Crippen LogP contribution in [0, 0.1) is 5.82 Å². The number of carbonyl (C=O) groups excluding carboxylic acids is 1. The quantitative estimate of drug-likeness (QED) is 0.724. The second-order valence-corrected chi connectivity index (χ2v) is 5.78. The number of hydrogen-bond acceptors (Lipinski definition) is 4. The smallest absolute Gasteiger partial charge is 0.316 e. The van der Waals surface area contributed by atoms with Crippen LogP contribution in [0.25, 0.3) is 11.5 Å². The third-order valence-electron chi connectivity index (χ3n) is 4.13. The summed E-state index contributed by atoms with van der Waals surface area (Å²) in [5.74, 6) is -0.554. The lowest BCUT2D eigenvalue weighted by molar-refractivity contribution is 0.0948. The Morgan fingerprint density at radius 3 is 2.71 bits per heavy atom. The van der Waals surface area contributed by atoms with Gasteiger partial charge in [0.15, 0.2) is 0 Å². The predicted molar refractivity (Wildman–Crippen MR) is 86.1 cm³/mol. The van der Waals surface area contributed by atoms with E-state index in [1.165, 1.54) is 24.3 Å². The van der Waals surface area contributed by atoms with E-state index in [9.17, 15) is 9.18 Å². The molecular formula is C18H14FN3O2. The van der Waals surface area contributed by atoms with Crippen molar-refractivity contribution in [3.8, 4) is 11.5 Å². The number of hydrogen-bond donors (Lipinski definition) is 0. The van der Waals surface area contributed by atoms with Crippen LogP contribution in [0.1, 0.15) is 23.2 Å². The number of fused-ring (bicyclic) bond motifs is 1. The molecular weight excluding hydrogens is 309 g/mol. The Kier molecular flexibility index (Phi) is 3.37. The Morgan fingerprint density at radius 1 is 1.17 bits per heavy atom. The molecule has 0 N–H and O–H groups in total. The van der Waals surface area contributed by atoms with Crippen LogP contribution >= 0.6 is 0 Å². The van der Waals surface area contributed by atoms with Crippen molar-refractivity contribution in [3.63, 3.8) is 0 Å². The van der Waals surface area contributed by atoms with Gasteiger partial charge in [-0.3, -0.25) is 4.79 Å². The lowest BCUT2D eigenvalue weighted by Crippen LogP contribution is -2.35. The number of amides is 1. The van der Waals surface area contributed by atoms with Crippen LogP contribution in [-0.2, 0) is 6.42 Å². The average molecular weight is 323 g/mol. The monoisotopic (exact) mass is 323 g/mol. The van der Waals surface area contributed by atoms with Crippen molar-refractivity contribution in [2.75, 3.05) is 4.90 Å². The minimum Gasteiger partial charge on any atom is -0.412 e. The Balaban J connectivity index is 1.65. The normalized spacial score (nSPS) is 16.2. The number of carbonyl (C=O) groups is 1. The zero-order chi connectivity index (χ0) is 16.7. The average Bonchev–Trinajstić information content (AvgIpc) is 3.19. The van der Waals surface area contributed by atoms with Gasteiger partial charge in [0.05, 0.1) is 0 Å². The van der Waals surface area contributed by atoms with Gasteiger partial charge in [-0.15, -0.1) is 10.2 Å². The van der Waals surface area contributed by atoms with E-state index in [0.717, 1.165) is 17.7 Å².